The molecular weight excluding hydrogens is 554 g/mol. The van der Waals surface area contributed by atoms with E-state index in [-0.39, 0.29) is 36.1 Å². The van der Waals surface area contributed by atoms with Crippen LogP contribution >= 0.6 is 0 Å². The highest BCUT2D eigenvalue weighted by atomic mass is 28.4. The minimum atomic E-state index is -2.22. The largest absolute Gasteiger partial charge is 0.464 e. The van der Waals surface area contributed by atoms with Crippen molar-refractivity contribution in [2.45, 2.75) is 141 Å². The van der Waals surface area contributed by atoms with Gasteiger partial charge in [0.1, 0.15) is 23.2 Å². The highest BCUT2D eigenvalue weighted by molar-refractivity contribution is 6.74. The molecule has 1 saturated heterocycles. The molecule has 2 N–H and O–H groups in total. The summed E-state index contributed by atoms with van der Waals surface area (Å²) in [4.78, 5) is 55.5. The molecule has 42 heavy (non-hydrogen) atoms. The number of carbonyl (C=O) groups excluding carboxylic acids is 4. The monoisotopic (exact) mass is 607 g/mol. The quantitative estimate of drug-likeness (QED) is 0.261. The third kappa shape index (κ3) is 8.36. The summed E-state index contributed by atoms with van der Waals surface area (Å²) in [6.07, 6.45) is 7.57. The first-order chi connectivity index (χ1) is 19.4. The zero-order chi connectivity index (χ0) is 31.5. The molecule has 3 aliphatic rings. The maximum atomic E-state index is 14.2. The Morgan fingerprint density at radius 2 is 1.81 bits per heavy atom. The van der Waals surface area contributed by atoms with Gasteiger partial charge in [-0.25, -0.2) is 9.59 Å². The van der Waals surface area contributed by atoms with E-state index in [1.54, 1.807) is 32.6 Å². The molecule has 11 heteroatoms. The zero-order valence-electron chi connectivity index (χ0n) is 27.1. The smallest absolute Gasteiger partial charge is 0.408 e. The predicted molar refractivity (Wildman–Crippen MR) is 163 cm³/mol. The minimum absolute atomic E-state index is 0.0573. The fourth-order valence-corrected chi connectivity index (χ4v) is 6.79. The van der Waals surface area contributed by atoms with Crippen molar-refractivity contribution in [3.8, 4) is 0 Å². The van der Waals surface area contributed by atoms with Crippen molar-refractivity contribution < 1.29 is 33.1 Å². The molecule has 0 aromatic carbocycles. The fourth-order valence-electron chi connectivity index (χ4n) is 5.44. The molecule has 2 aliphatic heterocycles. The summed E-state index contributed by atoms with van der Waals surface area (Å²) in [7, 11) is -2.22. The molecule has 5 atom stereocenters. The number of hydrogen-bond acceptors (Lipinski definition) is 7. The van der Waals surface area contributed by atoms with Crippen molar-refractivity contribution in [3.63, 3.8) is 0 Å². The summed E-state index contributed by atoms with van der Waals surface area (Å²) in [5.41, 5.74) is -1.86. The van der Waals surface area contributed by atoms with E-state index in [0.29, 0.717) is 19.3 Å². The Morgan fingerprint density at radius 1 is 1.12 bits per heavy atom. The second-order valence-corrected chi connectivity index (χ2v) is 19.3. The Labute approximate surface area is 252 Å². The third-order valence-corrected chi connectivity index (χ3v) is 13.4. The van der Waals surface area contributed by atoms with Crippen molar-refractivity contribution in [1.82, 2.24) is 15.5 Å². The van der Waals surface area contributed by atoms with E-state index in [4.69, 9.17) is 13.9 Å². The van der Waals surface area contributed by atoms with Crippen molar-refractivity contribution in [1.29, 1.82) is 0 Å². The van der Waals surface area contributed by atoms with Gasteiger partial charge in [0.2, 0.25) is 11.8 Å². The van der Waals surface area contributed by atoms with E-state index in [9.17, 15) is 19.2 Å². The molecule has 2 heterocycles. The van der Waals surface area contributed by atoms with Crippen LogP contribution in [0.5, 0.6) is 0 Å². The number of allylic oxidation sites excluding steroid dienone is 1. The summed E-state index contributed by atoms with van der Waals surface area (Å²) < 4.78 is 17.5. The van der Waals surface area contributed by atoms with Crippen molar-refractivity contribution in [2.75, 3.05) is 13.2 Å². The molecule has 3 rings (SSSR count). The fraction of sp³-hybridized carbons (Fsp3) is 0.806. The van der Waals surface area contributed by atoms with Gasteiger partial charge in [-0.1, -0.05) is 45.8 Å². The summed E-state index contributed by atoms with van der Waals surface area (Å²) in [6.45, 7) is 18.2. The van der Waals surface area contributed by atoms with E-state index in [0.717, 1.165) is 25.7 Å². The molecular formula is C31H53N3O7Si. The number of fused-ring (bicyclic) bond motifs is 2. The number of nitrogens with zero attached hydrogens (tertiary/aromatic N) is 1. The van der Waals surface area contributed by atoms with Gasteiger partial charge in [-0.2, -0.15) is 0 Å². The van der Waals surface area contributed by atoms with Crippen LogP contribution in [0, 0.1) is 5.92 Å². The van der Waals surface area contributed by atoms with Gasteiger partial charge in [-0.05, 0) is 71.5 Å². The van der Waals surface area contributed by atoms with E-state index in [1.807, 2.05) is 6.08 Å². The lowest BCUT2D eigenvalue weighted by molar-refractivity contribution is -0.150. The average molecular weight is 608 g/mol. The normalized spacial score (nSPS) is 29.4. The van der Waals surface area contributed by atoms with Gasteiger partial charge in [-0.3, -0.25) is 9.59 Å². The van der Waals surface area contributed by atoms with Crippen molar-refractivity contribution in [3.05, 3.63) is 12.2 Å². The van der Waals surface area contributed by atoms with Gasteiger partial charge in [0.15, 0.2) is 8.32 Å². The number of rotatable bonds is 5. The maximum Gasteiger partial charge on any atom is 0.408 e. The lowest BCUT2D eigenvalue weighted by atomic mass is 10.0. The number of hydrogen-bond donors (Lipinski definition) is 2. The van der Waals surface area contributed by atoms with Gasteiger partial charge in [0.25, 0.3) is 0 Å². The molecule has 1 aliphatic carbocycles. The van der Waals surface area contributed by atoms with Gasteiger partial charge in [0.05, 0.1) is 12.7 Å². The maximum absolute atomic E-state index is 14.2. The molecule has 238 valence electrons. The molecule has 0 aromatic rings. The number of carbonyl (C=O) groups is 4. The molecule has 0 aromatic heterocycles. The van der Waals surface area contributed by atoms with Crippen molar-refractivity contribution >= 4 is 32.2 Å². The molecule has 0 unspecified atom stereocenters. The Hall–Kier alpha value is -2.40. The first-order valence-corrected chi connectivity index (χ1v) is 18.4. The highest BCUT2D eigenvalue weighted by Gasteiger charge is 2.62. The number of esters is 1. The molecule has 3 amide bonds. The summed E-state index contributed by atoms with van der Waals surface area (Å²) >= 11 is 0. The van der Waals surface area contributed by atoms with Crippen LogP contribution in [0.1, 0.15) is 93.4 Å². The van der Waals surface area contributed by atoms with Crippen LogP contribution < -0.4 is 10.6 Å². The Kier molecular flexibility index (Phi) is 10.6. The number of ether oxygens (including phenoxy) is 2. The van der Waals surface area contributed by atoms with E-state index < -0.39 is 49.5 Å². The topological polar surface area (TPSA) is 123 Å². The first-order valence-electron chi connectivity index (χ1n) is 15.5. The number of nitrogens with one attached hydrogen (secondary N) is 2. The molecule has 1 saturated carbocycles. The SMILES string of the molecule is CCOC(=O)[C@@]12C[C@H]1C=CCCCCC[C@H](NC(=O)OC(C)(C)C)C(=O)N1C[C@H](O[Si](C)(C)C(C)(C)C)C[C@H]1C(=O)N2. The third-order valence-electron chi connectivity index (χ3n) is 8.84. The van der Waals surface area contributed by atoms with E-state index in [2.05, 4.69) is 50.6 Å². The van der Waals surface area contributed by atoms with Crippen LogP contribution in [0.3, 0.4) is 0 Å². The molecule has 0 radical (unpaired) electrons. The van der Waals surface area contributed by atoms with Gasteiger partial charge >= 0.3 is 12.1 Å². The minimum Gasteiger partial charge on any atom is -0.464 e. The van der Waals surface area contributed by atoms with Gasteiger partial charge in [0, 0.05) is 18.9 Å². The molecule has 2 fully saturated rings. The first kappa shape index (κ1) is 34.1. The summed E-state index contributed by atoms with van der Waals surface area (Å²) in [5, 5.41) is 5.73. The summed E-state index contributed by atoms with van der Waals surface area (Å²) in [6, 6.07) is -1.70. The highest BCUT2D eigenvalue weighted by Crippen LogP contribution is 2.46. The second kappa shape index (κ2) is 13.1. The van der Waals surface area contributed by atoms with E-state index in [1.165, 1.54) is 0 Å². The van der Waals surface area contributed by atoms with Gasteiger partial charge in [-0.15, -0.1) is 0 Å². The second-order valence-electron chi connectivity index (χ2n) is 14.5. The van der Waals surface area contributed by atoms with Crippen LogP contribution in [-0.2, 0) is 28.3 Å². The van der Waals surface area contributed by atoms with E-state index >= 15 is 0 Å². The van der Waals surface area contributed by atoms with Crippen LogP contribution in [0.4, 0.5) is 4.79 Å². The standard InChI is InChI=1S/C31H53N3O7Si/c1-10-39-27(37)31-19-21(31)16-14-12-11-13-15-17-23(32-28(38)40-29(2,3)4)26(36)34-20-22(18-24(34)25(35)33-31)41-42(8,9)30(5,6)7/h14,16,21-24H,10-13,15,17-20H2,1-9H3,(H,32,38)(H,33,35)/t21-,22-,23+,24+,31-/m1/s1. The molecule has 0 spiro atoms. The number of amides is 3. The van der Waals surface area contributed by atoms with Crippen LogP contribution in [0.2, 0.25) is 18.1 Å². The van der Waals surface area contributed by atoms with Crippen LogP contribution in [0.25, 0.3) is 0 Å². The Bertz CT molecular complexity index is 1050. The lowest BCUT2D eigenvalue weighted by Gasteiger charge is -2.38. The Morgan fingerprint density at radius 3 is 2.43 bits per heavy atom. The van der Waals surface area contributed by atoms with Gasteiger partial charge < -0.3 is 29.4 Å². The predicted octanol–water partition coefficient (Wildman–Crippen LogP) is 4.83. The number of alkyl carbamates (subject to hydrolysis) is 1. The van der Waals surface area contributed by atoms with Crippen LogP contribution in [0.15, 0.2) is 12.2 Å². The zero-order valence-corrected chi connectivity index (χ0v) is 28.1. The van der Waals surface area contributed by atoms with Crippen molar-refractivity contribution in [2.24, 2.45) is 5.92 Å². The average Bonchev–Trinajstić information content (AvgIpc) is 3.38. The molecule has 10 nitrogen and oxygen atoms in total. The summed E-state index contributed by atoms with van der Waals surface area (Å²) in [5.74, 6) is -1.35. The molecule has 0 bridgehead atoms. The lowest BCUT2D eigenvalue weighted by Crippen LogP contribution is -2.56. The Balaban J connectivity index is 1.95. The van der Waals surface area contributed by atoms with Crippen LogP contribution in [-0.4, -0.2) is 79.6 Å².